The second-order valence-corrected chi connectivity index (χ2v) is 6.08. The summed E-state index contributed by atoms with van der Waals surface area (Å²) in [6.45, 7) is 5.71. The van der Waals surface area contributed by atoms with Gasteiger partial charge in [-0.15, -0.1) is 0 Å². The standard InChI is InChI=1S/C10H20N2OS/c1-7-4-5-8(6-14-7)12-9(13)10(2,3)11/h7-8H,4-6,11H2,1-3H3,(H,12,13). The molecule has 1 amide bonds. The lowest BCUT2D eigenvalue weighted by atomic mass is 10.0. The lowest BCUT2D eigenvalue weighted by Crippen LogP contribution is -2.53. The van der Waals surface area contributed by atoms with Crippen molar-refractivity contribution in [2.75, 3.05) is 5.75 Å². The number of carbonyl (C=O) groups excluding carboxylic acids is 1. The maximum Gasteiger partial charge on any atom is 0.239 e. The zero-order chi connectivity index (χ0) is 10.8. The summed E-state index contributed by atoms with van der Waals surface area (Å²) in [5, 5.41) is 3.73. The molecule has 3 N–H and O–H groups in total. The zero-order valence-electron chi connectivity index (χ0n) is 9.17. The summed E-state index contributed by atoms with van der Waals surface area (Å²) in [5.41, 5.74) is 4.95. The van der Waals surface area contributed by atoms with Crippen molar-refractivity contribution < 1.29 is 4.79 Å². The Labute approximate surface area is 90.2 Å². The Morgan fingerprint density at radius 2 is 2.14 bits per heavy atom. The molecule has 0 aliphatic carbocycles. The predicted octanol–water partition coefficient (Wildman–Crippen LogP) is 1.12. The zero-order valence-corrected chi connectivity index (χ0v) is 9.99. The molecular formula is C10H20N2OS. The number of hydrogen-bond donors (Lipinski definition) is 2. The Balaban J connectivity index is 2.35. The number of nitrogens with one attached hydrogen (secondary N) is 1. The lowest BCUT2D eigenvalue weighted by molar-refractivity contribution is -0.125. The molecule has 1 aliphatic rings. The van der Waals surface area contributed by atoms with Gasteiger partial charge in [0.05, 0.1) is 5.54 Å². The van der Waals surface area contributed by atoms with E-state index in [2.05, 4.69) is 12.2 Å². The molecule has 0 aromatic carbocycles. The molecule has 0 radical (unpaired) electrons. The minimum Gasteiger partial charge on any atom is -0.351 e. The number of nitrogens with two attached hydrogens (primary N) is 1. The van der Waals surface area contributed by atoms with Crippen molar-refractivity contribution in [1.82, 2.24) is 5.32 Å². The van der Waals surface area contributed by atoms with Crippen molar-refractivity contribution in [3.63, 3.8) is 0 Å². The van der Waals surface area contributed by atoms with E-state index >= 15 is 0 Å². The van der Waals surface area contributed by atoms with Crippen LogP contribution in [0, 0.1) is 0 Å². The normalized spacial score (nSPS) is 28.6. The summed E-state index contributed by atoms with van der Waals surface area (Å²) < 4.78 is 0. The first-order valence-electron chi connectivity index (χ1n) is 5.11. The molecule has 1 rings (SSSR count). The van der Waals surface area contributed by atoms with Crippen molar-refractivity contribution in [3.05, 3.63) is 0 Å². The number of carbonyl (C=O) groups is 1. The maximum atomic E-state index is 11.6. The van der Waals surface area contributed by atoms with Crippen LogP contribution >= 0.6 is 11.8 Å². The molecule has 3 nitrogen and oxygen atoms in total. The van der Waals surface area contributed by atoms with Crippen molar-refractivity contribution in [2.45, 2.75) is 50.4 Å². The Morgan fingerprint density at radius 3 is 2.57 bits per heavy atom. The van der Waals surface area contributed by atoms with Gasteiger partial charge in [-0.1, -0.05) is 6.92 Å². The second-order valence-electron chi connectivity index (χ2n) is 4.61. The minimum atomic E-state index is -0.756. The van der Waals surface area contributed by atoms with Crippen LogP contribution in [0.3, 0.4) is 0 Å². The van der Waals surface area contributed by atoms with E-state index in [1.165, 1.54) is 6.42 Å². The summed E-state index contributed by atoms with van der Waals surface area (Å²) in [4.78, 5) is 11.6. The quantitative estimate of drug-likeness (QED) is 0.727. The first-order chi connectivity index (χ1) is 6.39. The van der Waals surface area contributed by atoms with Gasteiger partial charge in [-0.2, -0.15) is 11.8 Å². The van der Waals surface area contributed by atoms with Crippen LogP contribution in [0.1, 0.15) is 33.6 Å². The van der Waals surface area contributed by atoms with Crippen LogP contribution in [0.2, 0.25) is 0 Å². The largest absolute Gasteiger partial charge is 0.351 e. The summed E-state index contributed by atoms with van der Waals surface area (Å²) in [6.07, 6.45) is 2.26. The van der Waals surface area contributed by atoms with Crippen molar-refractivity contribution in [1.29, 1.82) is 0 Å². The smallest absolute Gasteiger partial charge is 0.239 e. The summed E-state index contributed by atoms with van der Waals surface area (Å²) in [6, 6.07) is 0.312. The SMILES string of the molecule is CC1CCC(NC(=O)C(C)(C)N)CS1. The van der Waals surface area contributed by atoms with Crippen LogP contribution in [0.5, 0.6) is 0 Å². The summed E-state index contributed by atoms with van der Waals surface area (Å²) in [7, 11) is 0. The molecule has 1 aliphatic heterocycles. The topological polar surface area (TPSA) is 55.1 Å². The van der Waals surface area contributed by atoms with Gasteiger partial charge in [0.15, 0.2) is 0 Å². The van der Waals surface area contributed by atoms with Gasteiger partial charge in [0, 0.05) is 17.0 Å². The molecule has 2 atom stereocenters. The van der Waals surface area contributed by atoms with Gasteiger partial charge >= 0.3 is 0 Å². The van der Waals surface area contributed by atoms with Crippen LogP contribution in [0.4, 0.5) is 0 Å². The van der Waals surface area contributed by atoms with Gasteiger partial charge in [-0.05, 0) is 26.7 Å². The fraction of sp³-hybridized carbons (Fsp3) is 0.900. The fourth-order valence-corrected chi connectivity index (χ4v) is 2.48. The van der Waals surface area contributed by atoms with E-state index in [0.29, 0.717) is 6.04 Å². The second kappa shape index (κ2) is 4.53. The van der Waals surface area contributed by atoms with E-state index in [1.807, 2.05) is 11.8 Å². The van der Waals surface area contributed by atoms with E-state index < -0.39 is 5.54 Å². The van der Waals surface area contributed by atoms with Crippen molar-refractivity contribution in [3.8, 4) is 0 Å². The minimum absolute atomic E-state index is 0.0438. The van der Waals surface area contributed by atoms with Gasteiger partial charge in [0.25, 0.3) is 0 Å². The molecule has 0 aromatic rings. The molecule has 0 aromatic heterocycles. The predicted molar refractivity (Wildman–Crippen MR) is 61.4 cm³/mol. The highest BCUT2D eigenvalue weighted by Crippen LogP contribution is 2.24. The average molecular weight is 216 g/mol. The van der Waals surface area contributed by atoms with Gasteiger partial charge in [0.2, 0.25) is 5.91 Å². The van der Waals surface area contributed by atoms with Gasteiger partial charge < -0.3 is 11.1 Å². The first-order valence-corrected chi connectivity index (χ1v) is 6.16. The molecule has 82 valence electrons. The van der Waals surface area contributed by atoms with E-state index in [0.717, 1.165) is 17.4 Å². The van der Waals surface area contributed by atoms with Gasteiger partial charge in [-0.25, -0.2) is 0 Å². The van der Waals surface area contributed by atoms with Gasteiger partial charge in [0.1, 0.15) is 0 Å². The first kappa shape index (κ1) is 11.9. The molecule has 0 saturated carbocycles. The lowest BCUT2D eigenvalue weighted by Gasteiger charge is -2.29. The highest BCUT2D eigenvalue weighted by molar-refractivity contribution is 7.99. The van der Waals surface area contributed by atoms with Crippen LogP contribution in [-0.2, 0) is 4.79 Å². The Kier molecular flexibility index (Phi) is 3.84. The van der Waals surface area contributed by atoms with Gasteiger partial charge in [-0.3, -0.25) is 4.79 Å². The highest BCUT2D eigenvalue weighted by Gasteiger charge is 2.26. The van der Waals surface area contributed by atoms with E-state index in [-0.39, 0.29) is 5.91 Å². The van der Waals surface area contributed by atoms with E-state index in [4.69, 9.17) is 5.73 Å². The summed E-state index contributed by atoms with van der Waals surface area (Å²) in [5.74, 6) is 0.973. The molecule has 1 fully saturated rings. The highest BCUT2D eigenvalue weighted by atomic mass is 32.2. The van der Waals surface area contributed by atoms with Crippen molar-refractivity contribution in [2.24, 2.45) is 5.73 Å². The molecular weight excluding hydrogens is 196 g/mol. The molecule has 1 saturated heterocycles. The third-order valence-corrected chi connectivity index (χ3v) is 3.82. The molecule has 0 spiro atoms. The van der Waals surface area contributed by atoms with E-state index in [1.54, 1.807) is 13.8 Å². The Morgan fingerprint density at radius 1 is 1.50 bits per heavy atom. The number of rotatable bonds is 2. The third kappa shape index (κ3) is 3.50. The van der Waals surface area contributed by atoms with Crippen molar-refractivity contribution >= 4 is 17.7 Å². The Hall–Kier alpha value is -0.220. The fourth-order valence-electron chi connectivity index (χ4n) is 1.37. The van der Waals surface area contributed by atoms with E-state index in [9.17, 15) is 4.79 Å². The van der Waals surface area contributed by atoms with Crippen LogP contribution < -0.4 is 11.1 Å². The number of amides is 1. The maximum absolute atomic E-state index is 11.6. The number of hydrogen-bond acceptors (Lipinski definition) is 3. The summed E-state index contributed by atoms with van der Waals surface area (Å²) >= 11 is 1.92. The molecule has 2 unspecified atom stereocenters. The Bertz CT molecular complexity index is 205. The average Bonchev–Trinajstić information content (AvgIpc) is 2.07. The third-order valence-electron chi connectivity index (χ3n) is 2.42. The number of thioether (sulfide) groups is 1. The van der Waals surface area contributed by atoms with Crippen LogP contribution in [0.25, 0.3) is 0 Å². The monoisotopic (exact) mass is 216 g/mol. The molecule has 0 bridgehead atoms. The molecule has 4 heteroatoms. The molecule has 14 heavy (non-hydrogen) atoms. The molecule has 1 heterocycles. The van der Waals surface area contributed by atoms with Crippen LogP contribution in [0.15, 0.2) is 0 Å². The van der Waals surface area contributed by atoms with Crippen LogP contribution in [-0.4, -0.2) is 28.5 Å².